The van der Waals surface area contributed by atoms with Crippen LogP contribution < -0.4 is 4.90 Å². The van der Waals surface area contributed by atoms with Crippen LogP contribution in [0.2, 0.25) is 5.02 Å². The zero-order chi connectivity index (χ0) is 14.0. The van der Waals surface area contributed by atoms with Crippen LogP contribution in [0.5, 0.6) is 0 Å². The summed E-state index contributed by atoms with van der Waals surface area (Å²) in [5, 5.41) is 0.0898. The Hall–Kier alpha value is -1.68. The Morgan fingerprint density at radius 1 is 1.10 bits per heavy atom. The number of rotatable bonds is 1. The molecule has 102 valence electrons. The summed E-state index contributed by atoms with van der Waals surface area (Å²) in [5.41, 5.74) is 0.289. The van der Waals surface area contributed by atoms with E-state index in [-0.39, 0.29) is 46.2 Å². The van der Waals surface area contributed by atoms with Crippen LogP contribution >= 0.6 is 11.6 Å². The molecule has 1 aromatic carbocycles. The van der Waals surface area contributed by atoms with Crippen LogP contribution in [0.3, 0.4) is 0 Å². The second kappa shape index (κ2) is 3.92. The van der Waals surface area contributed by atoms with Gasteiger partial charge in [-0.3, -0.25) is 9.59 Å². The summed E-state index contributed by atoms with van der Waals surface area (Å²) < 4.78 is 13.1. The normalized spacial score (nSPS) is 34.2. The Balaban J connectivity index is 1.78. The number of nitrogens with zero attached hydrogens (tertiary/aromatic N) is 1. The molecule has 2 amide bonds. The second-order valence-corrected chi connectivity index (χ2v) is 6.01. The molecule has 2 fully saturated rings. The molecular weight excluding hydrogens is 281 g/mol. The number of hydrogen-bond acceptors (Lipinski definition) is 2. The fraction of sp³-hybridized carbons (Fsp3) is 0.333. The van der Waals surface area contributed by atoms with E-state index in [1.54, 1.807) is 0 Å². The van der Waals surface area contributed by atoms with E-state index in [0.29, 0.717) is 0 Å². The predicted molar refractivity (Wildman–Crippen MR) is 71.6 cm³/mol. The third-order valence-electron chi connectivity index (χ3n) is 4.62. The van der Waals surface area contributed by atoms with Crippen molar-refractivity contribution < 1.29 is 14.0 Å². The van der Waals surface area contributed by atoms with Crippen molar-refractivity contribution in [2.24, 2.45) is 23.7 Å². The average Bonchev–Trinajstić information content (AvgIpc) is 3.06. The van der Waals surface area contributed by atoms with Crippen LogP contribution in [0, 0.1) is 29.5 Å². The molecule has 2 bridgehead atoms. The molecule has 1 saturated carbocycles. The van der Waals surface area contributed by atoms with Gasteiger partial charge in [-0.25, -0.2) is 9.29 Å². The highest BCUT2D eigenvalue weighted by Crippen LogP contribution is 2.53. The smallest absolute Gasteiger partial charge is 0.238 e. The maximum Gasteiger partial charge on any atom is 0.238 e. The van der Waals surface area contributed by atoms with Gasteiger partial charge in [-0.1, -0.05) is 23.8 Å². The third kappa shape index (κ3) is 1.40. The lowest BCUT2D eigenvalue weighted by Gasteiger charge is -2.18. The van der Waals surface area contributed by atoms with Crippen LogP contribution in [-0.4, -0.2) is 11.8 Å². The molecule has 4 atom stereocenters. The summed E-state index contributed by atoms with van der Waals surface area (Å²) >= 11 is 5.98. The van der Waals surface area contributed by atoms with Crippen molar-refractivity contribution in [1.82, 2.24) is 0 Å². The van der Waals surface area contributed by atoms with Crippen molar-refractivity contribution >= 4 is 29.1 Å². The number of fused-ring (bicyclic) bond motifs is 5. The number of allylic oxidation sites excluding steroid dienone is 2. The number of carbonyl (C=O) groups is 2. The number of halogens is 2. The molecule has 5 heteroatoms. The standard InChI is InChI=1S/C15H11ClFNO2/c16-10-6-9(17)3-4-11(10)18-14(19)12-7-1-2-8(5-7)13(12)15(18)20/h1-4,6-8,12-13H,5H2/t7-,8-,12+,13+/m0/s1. The van der Waals surface area contributed by atoms with Crippen LogP contribution in [-0.2, 0) is 9.59 Å². The monoisotopic (exact) mass is 291 g/mol. The first-order valence-corrected chi connectivity index (χ1v) is 6.97. The lowest BCUT2D eigenvalue weighted by molar-refractivity contribution is -0.123. The average molecular weight is 292 g/mol. The van der Waals surface area contributed by atoms with Crippen molar-refractivity contribution in [3.8, 4) is 0 Å². The number of hydrogen-bond donors (Lipinski definition) is 0. The van der Waals surface area contributed by atoms with E-state index in [1.807, 2.05) is 12.2 Å². The van der Waals surface area contributed by atoms with E-state index >= 15 is 0 Å². The van der Waals surface area contributed by atoms with Gasteiger partial charge in [0.15, 0.2) is 0 Å². The van der Waals surface area contributed by atoms with Crippen molar-refractivity contribution in [3.63, 3.8) is 0 Å². The van der Waals surface area contributed by atoms with E-state index < -0.39 is 5.82 Å². The molecular formula is C15H11ClFNO2. The highest BCUT2D eigenvalue weighted by Gasteiger charge is 2.59. The summed E-state index contributed by atoms with van der Waals surface area (Å²) in [6.07, 6.45) is 4.96. The van der Waals surface area contributed by atoms with Gasteiger partial charge in [-0.05, 0) is 36.5 Å². The van der Waals surface area contributed by atoms with Crippen molar-refractivity contribution in [3.05, 3.63) is 41.2 Å². The number of benzene rings is 1. The molecule has 1 aliphatic heterocycles. The lowest BCUT2D eigenvalue weighted by Crippen LogP contribution is -2.33. The summed E-state index contributed by atoms with van der Waals surface area (Å²) in [6.45, 7) is 0. The zero-order valence-corrected chi connectivity index (χ0v) is 11.2. The number of carbonyl (C=O) groups excluding carboxylic acids is 2. The third-order valence-corrected chi connectivity index (χ3v) is 4.92. The molecule has 20 heavy (non-hydrogen) atoms. The molecule has 3 aliphatic rings. The van der Waals surface area contributed by atoms with E-state index in [0.717, 1.165) is 17.4 Å². The van der Waals surface area contributed by atoms with E-state index in [4.69, 9.17) is 11.6 Å². The SMILES string of the molecule is O=C1[C@H]2[C@H](C(=O)N1c1ccc(F)cc1Cl)[C@H]1C=C[C@H]2C1. The minimum Gasteiger partial charge on any atom is -0.274 e. The fourth-order valence-corrected chi connectivity index (χ4v) is 4.05. The van der Waals surface area contributed by atoms with Crippen LogP contribution in [0.25, 0.3) is 0 Å². The van der Waals surface area contributed by atoms with Crippen molar-refractivity contribution in [2.45, 2.75) is 6.42 Å². The molecule has 4 rings (SSSR count). The van der Waals surface area contributed by atoms with Crippen LogP contribution in [0.15, 0.2) is 30.4 Å². The lowest BCUT2D eigenvalue weighted by atomic mass is 9.85. The minimum absolute atomic E-state index is 0.0898. The van der Waals surface area contributed by atoms with Gasteiger partial charge < -0.3 is 0 Å². The number of imide groups is 1. The molecule has 0 aromatic heterocycles. The van der Waals surface area contributed by atoms with Gasteiger partial charge >= 0.3 is 0 Å². The van der Waals surface area contributed by atoms with Gasteiger partial charge in [0.1, 0.15) is 5.82 Å². The van der Waals surface area contributed by atoms with Gasteiger partial charge in [-0.15, -0.1) is 0 Å². The van der Waals surface area contributed by atoms with Gasteiger partial charge in [0.2, 0.25) is 11.8 Å². The Kier molecular flexibility index (Phi) is 2.37. The summed E-state index contributed by atoms with van der Waals surface area (Å²) in [6, 6.07) is 3.73. The Labute approximate surface area is 120 Å². The van der Waals surface area contributed by atoms with E-state index in [9.17, 15) is 14.0 Å². The molecule has 0 unspecified atom stereocenters. The highest BCUT2D eigenvalue weighted by molar-refractivity contribution is 6.36. The zero-order valence-electron chi connectivity index (χ0n) is 10.4. The molecule has 1 heterocycles. The Bertz CT molecular complexity index is 642. The molecule has 3 nitrogen and oxygen atoms in total. The largest absolute Gasteiger partial charge is 0.274 e. The maximum atomic E-state index is 13.1. The molecule has 0 spiro atoms. The van der Waals surface area contributed by atoms with Gasteiger partial charge in [-0.2, -0.15) is 0 Å². The summed E-state index contributed by atoms with van der Waals surface area (Å²) in [4.78, 5) is 26.2. The number of amides is 2. The van der Waals surface area contributed by atoms with E-state index in [1.165, 1.54) is 12.1 Å². The predicted octanol–water partition coefficient (Wildman–Crippen LogP) is 2.79. The first-order valence-electron chi connectivity index (χ1n) is 6.59. The molecule has 0 radical (unpaired) electrons. The minimum atomic E-state index is -0.486. The molecule has 0 N–H and O–H groups in total. The Morgan fingerprint density at radius 2 is 1.70 bits per heavy atom. The molecule has 1 aromatic rings. The highest BCUT2D eigenvalue weighted by atomic mass is 35.5. The number of anilines is 1. The van der Waals surface area contributed by atoms with E-state index in [2.05, 4.69) is 0 Å². The quantitative estimate of drug-likeness (QED) is 0.589. The summed E-state index contributed by atoms with van der Waals surface area (Å²) in [5.74, 6) is -1.11. The van der Waals surface area contributed by atoms with Gasteiger partial charge in [0, 0.05) is 0 Å². The van der Waals surface area contributed by atoms with Crippen LogP contribution in [0.4, 0.5) is 10.1 Å². The second-order valence-electron chi connectivity index (χ2n) is 5.61. The fourth-order valence-electron chi connectivity index (χ4n) is 3.80. The van der Waals surface area contributed by atoms with Gasteiger partial charge in [0.25, 0.3) is 0 Å². The summed E-state index contributed by atoms with van der Waals surface area (Å²) in [7, 11) is 0. The topological polar surface area (TPSA) is 37.4 Å². The molecule has 2 aliphatic carbocycles. The van der Waals surface area contributed by atoms with Crippen molar-refractivity contribution in [2.75, 3.05) is 4.90 Å². The first-order chi connectivity index (χ1) is 9.58. The maximum absolute atomic E-state index is 13.1. The van der Waals surface area contributed by atoms with Crippen molar-refractivity contribution in [1.29, 1.82) is 0 Å². The van der Waals surface area contributed by atoms with Crippen LogP contribution in [0.1, 0.15) is 6.42 Å². The Morgan fingerprint density at radius 3 is 2.25 bits per heavy atom. The van der Waals surface area contributed by atoms with Gasteiger partial charge in [0.05, 0.1) is 22.5 Å². The molecule has 1 saturated heterocycles. The first kappa shape index (κ1) is 12.1.